The lowest BCUT2D eigenvalue weighted by molar-refractivity contribution is 0.629. The Morgan fingerprint density at radius 3 is 3.00 bits per heavy atom. The van der Waals surface area contributed by atoms with Crippen molar-refractivity contribution >= 4 is 10.9 Å². The van der Waals surface area contributed by atoms with Crippen LogP contribution in [-0.2, 0) is 6.42 Å². The maximum Gasteiger partial charge on any atom is 0.123 e. The average molecular weight is 246 g/mol. The Balaban J connectivity index is 1.72. The summed E-state index contributed by atoms with van der Waals surface area (Å²) in [5, 5.41) is 4.55. The molecule has 2 aromatic rings. The molecule has 1 saturated carbocycles. The van der Waals surface area contributed by atoms with Gasteiger partial charge in [0.15, 0.2) is 0 Å². The fraction of sp³-hybridized carbons (Fsp3) is 0.467. The number of aryl methyl sites for hydroxylation is 2. The molecule has 1 heterocycles. The topological polar surface area (TPSA) is 27.8 Å². The molecule has 0 saturated heterocycles. The van der Waals surface area contributed by atoms with Crippen molar-refractivity contribution in [1.82, 2.24) is 10.3 Å². The van der Waals surface area contributed by atoms with Crippen molar-refractivity contribution in [3.8, 4) is 0 Å². The van der Waals surface area contributed by atoms with Gasteiger partial charge in [0, 0.05) is 22.6 Å². The molecule has 2 nitrogen and oxygen atoms in total. The summed E-state index contributed by atoms with van der Waals surface area (Å²) >= 11 is 0. The Bertz CT molecular complexity index is 555. The van der Waals surface area contributed by atoms with E-state index in [1.54, 1.807) is 6.07 Å². The Labute approximate surface area is 107 Å². The molecule has 1 aliphatic rings. The standard InChI is InChI=1S/C15H19FN2/c1-10-13(3-2-8-17-12-5-6-12)14-9-11(16)4-7-15(14)18-10/h4,7,9,12,17-18H,2-3,5-6,8H2,1H3. The number of H-pyrrole nitrogens is 1. The first-order valence-electron chi connectivity index (χ1n) is 6.74. The molecule has 0 amide bonds. The highest BCUT2D eigenvalue weighted by molar-refractivity contribution is 5.84. The molecule has 0 aliphatic heterocycles. The van der Waals surface area contributed by atoms with Crippen molar-refractivity contribution in [2.45, 2.75) is 38.6 Å². The first-order chi connectivity index (χ1) is 8.74. The van der Waals surface area contributed by atoms with Crippen LogP contribution in [-0.4, -0.2) is 17.6 Å². The van der Waals surface area contributed by atoms with E-state index in [0.717, 1.165) is 36.3 Å². The second kappa shape index (κ2) is 4.73. The Kier molecular flexibility index (Phi) is 3.08. The van der Waals surface area contributed by atoms with Gasteiger partial charge < -0.3 is 10.3 Å². The lowest BCUT2D eigenvalue weighted by Gasteiger charge is -2.03. The van der Waals surface area contributed by atoms with Gasteiger partial charge in [-0.15, -0.1) is 0 Å². The summed E-state index contributed by atoms with van der Waals surface area (Å²) in [7, 11) is 0. The van der Waals surface area contributed by atoms with Gasteiger partial charge in [0.05, 0.1) is 0 Å². The number of aromatic nitrogens is 1. The summed E-state index contributed by atoms with van der Waals surface area (Å²) in [6.45, 7) is 3.13. The molecule has 3 heteroatoms. The lowest BCUT2D eigenvalue weighted by Crippen LogP contribution is -2.17. The molecule has 0 radical (unpaired) electrons. The summed E-state index contributed by atoms with van der Waals surface area (Å²) in [6.07, 6.45) is 4.78. The van der Waals surface area contributed by atoms with Crippen LogP contribution in [0.1, 0.15) is 30.5 Å². The predicted molar refractivity (Wildman–Crippen MR) is 72.3 cm³/mol. The van der Waals surface area contributed by atoms with Crippen LogP contribution in [0.3, 0.4) is 0 Å². The molecule has 0 spiro atoms. The minimum Gasteiger partial charge on any atom is -0.358 e. The zero-order valence-electron chi connectivity index (χ0n) is 10.7. The molecule has 3 rings (SSSR count). The summed E-state index contributed by atoms with van der Waals surface area (Å²) in [5.74, 6) is -0.154. The van der Waals surface area contributed by atoms with E-state index in [2.05, 4.69) is 17.2 Å². The van der Waals surface area contributed by atoms with E-state index in [0.29, 0.717) is 0 Å². The number of halogens is 1. The number of aromatic amines is 1. The van der Waals surface area contributed by atoms with Gasteiger partial charge in [-0.2, -0.15) is 0 Å². The Hall–Kier alpha value is -1.35. The first kappa shape index (κ1) is 11.7. The molecule has 96 valence electrons. The van der Waals surface area contributed by atoms with Crippen LogP contribution < -0.4 is 5.32 Å². The van der Waals surface area contributed by atoms with Crippen molar-refractivity contribution in [2.75, 3.05) is 6.54 Å². The van der Waals surface area contributed by atoms with E-state index in [1.165, 1.54) is 30.2 Å². The van der Waals surface area contributed by atoms with E-state index >= 15 is 0 Å². The number of nitrogens with one attached hydrogen (secondary N) is 2. The van der Waals surface area contributed by atoms with Crippen LogP contribution in [0.5, 0.6) is 0 Å². The largest absolute Gasteiger partial charge is 0.358 e. The molecule has 0 atom stereocenters. The van der Waals surface area contributed by atoms with Gasteiger partial charge >= 0.3 is 0 Å². The van der Waals surface area contributed by atoms with Crippen molar-refractivity contribution in [3.63, 3.8) is 0 Å². The fourth-order valence-corrected chi connectivity index (χ4v) is 2.54. The van der Waals surface area contributed by atoms with Crippen LogP contribution in [0.25, 0.3) is 10.9 Å². The summed E-state index contributed by atoms with van der Waals surface area (Å²) in [5.41, 5.74) is 3.48. The Morgan fingerprint density at radius 1 is 1.39 bits per heavy atom. The van der Waals surface area contributed by atoms with Crippen molar-refractivity contribution < 1.29 is 4.39 Å². The van der Waals surface area contributed by atoms with Crippen molar-refractivity contribution in [3.05, 3.63) is 35.3 Å². The van der Waals surface area contributed by atoms with Crippen LogP contribution in [0, 0.1) is 12.7 Å². The highest BCUT2D eigenvalue weighted by atomic mass is 19.1. The minimum atomic E-state index is -0.154. The summed E-state index contributed by atoms with van der Waals surface area (Å²) in [6, 6.07) is 5.74. The molecule has 1 aromatic heterocycles. The van der Waals surface area contributed by atoms with Gasteiger partial charge in [0.25, 0.3) is 0 Å². The minimum absolute atomic E-state index is 0.154. The van der Waals surface area contributed by atoms with E-state index in [9.17, 15) is 4.39 Å². The molecule has 2 N–H and O–H groups in total. The maximum atomic E-state index is 13.3. The van der Waals surface area contributed by atoms with Gasteiger partial charge in [-0.05, 0) is 62.9 Å². The summed E-state index contributed by atoms with van der Waals surface area (Å²) in [4.78, 5) is 3.33. The molecule has 0 unspecified atom stereocenters. The van der Waals surface area contributed by atoms with Crippen molar-refractivity contribution in [1.29, 1.82) is 0 Å². The first-order valence-corrected chi connectivity index (χ1v) is 6.74. The van der Waals surface area contributed by atoms with Gasteiger partial charge in [0.2, 0.25) is 0 Å². The lowest BCUT2D eigenvalue weighted by atomic mass is 10.1. The normalized spacial score (nSPS) is 15.4. The van der Waals surface area contributed by atoms with E-state index in [-0.39, 0.29) is 5.82 Å². The van der Waals surface area contributed by atoms with E-state index < -0.39 is 0 Å². The smallest absolute Gasteiger partial charge is 0.123 e. The van der Waals surface area contributed by atoms with Gasteiger partial charge in [-0.1, -0.05) is 0 Å². The molecule has 1 fully saturated rings. The highest BCUT2D eigenvalue weighted by Crippen LogP contribution is 2.24. The molecular formula is C15H19FN2. The third-order valence-electron chi connectivity index (χ3n) is 3.70. The maximum absolute atomic E-state index is 13.3. The third-order valence-corrected chi connectivity index (χ3v) is 3.70. The molecule has 18 heavy (non-hydrogen) atoms. The second-order valence-electron chi connectivity index (χ2n) is 5.25. The SMILES string of the molecule is Cc1[nH]c2ccc(F)cc2c1CCCNC1CC1. The van der Waals surface area contributed by atoms with E-state index in [4.69, 9.17) is 0 Å². The van der Waals surface area contributed by atoms with Crippen LogP contribution in [0.4, 0.5) is 4.39 Å². The summed E-state index contributed by atoms with van der Waals surface area (Å²) < 4.78 is 13.3. The second-order valence-corrected chi connectivity index (χ2v) is 5.25. The zero-order valence-corrected chi connectivity index (χ0v) is 10.7. The van der Waals surface area contributed by atoms with Crippen LogP contribution >= 0.6 is 0 Å². The number of fused-ring (bicyclic) bond motifs is 1. The number of hydrogen-bond donors (Lipinski definition) is 2. The molecule has 1 aromatic carbocycles. The Morgan fingerprint density at radius 2 is 2.22 bits per heavy atom. The van der Waals surface area contributed by atoms with Crippen LogP contribution in [0.2, 0.25) is 0 Å². The quantitative estimate of drug-likeness (QED) is 0.778. The molecular weight excluding hydrogens is 227 g/mol. The van der Waals surface area contributed by atoms with Gasteiger partial charge in [-0.25, -0.2) is 4.39 Å². The number of rotatable bonds is 5. The van der Waals surface area contributed by atoms with Crippen LogP contribution in [0.15, 0.2) is 18.2 Å². The number of benzene rings is 1. The average Bonchev–Trinajstić information content (AvgIpc) is 3.11. The molecule has 1 aliphatic carbocycles. The third kappa shape index (κ3) is 2.41. The van der Waals surface area contributed by atoms with E-state index in [1.807, 2.05) is 6.07 Å². The van der Waals surface area contributed by atoms with Gasteiger partial charge in [-0.3, -0.25) is 0 Å². The van der Waals surface area contributed by atoms with Crippen molar-refractivity contribution in [2.24, 2.45) is 0 Å². The highest BCUT2D eigenvalue weighted by Gasteiger charge is 2.19. The predicted octanol–water partition coefficient (Wildman–Crippen LogP) is 3.30. The monoisotopic (exact) mass is 246 g/mol. The van der Waals surface area contributed by atoms with Gasteiger partial charge in [0.1, 0.15) is 5.82 Å². The fourth-order valence-electron chi connectivity index (χ4n) is 2.54. The zero-order chi connectivity index (χ0) is 12.5. The number of hydrogen-bond acceptors (Lipinski definition) is 1. The molecule has 0 bridgehead atoms.